The highest BCUT2D eigenvalue weighted by atomic mass is 79.9. The van der Waals surface area contributed by atoms with Gasteiger partial charge in [0.25, 0.3) is 0 Å². The molecular weight excluding hydrogens is 284 g/mol. The van der Waals surface area contributed by atoms with Crippen LogP contribution in [0.3, 0.4) is 0 Å². The van der Waals surface area contributed by atoms with Crippen LogP contribution < -0.4 is 5.32 Å². The number of nitrogens with zero attached hydrogens (tertiary/aromatic N) is 1. The molecule has 0 fully saturated rings. The number of halogens is 1. The molecule has 0 aliphatic heterocycles. The smallest absolute Gasteiger partial charge is 0.183 e. The van der Waals surface area contributed by atoms with Gasteiger partial charge in [-0.25, -0.2) is 4.98 Å². The SMILES string of the molecule is Cc1cnc(NCc2ccc(C)c(Br)c2)s1. The van der Waals surface area contributed by atoms with Gasteiger partial charge in [-0.3, -0.25) is 0 Å². The summed E-state index contributed by atoms with van der Waals surface area (Å²) in [5, 5.41) is 4.30. The van der Waals surface area contributed by atoms with Crippen molar-refractivity contribution in [2.75, 3.05) is 5.32 Å². The number of hydrogen-bond donors (Lipinski definition) is 1. The fourth-order valence-electron chi connectivity index (χ4n) is 1.36. The molecule has 0 saturated carbocycles. The Hall–Kier alpha value is -0.870. The van der Waals surface area contributed by atoms with E-state index in [4.69, 9.17) is 0 Å². The molecule has 2 rings (SSSR count). The summed E-state index contributed by atoms with van der Waals surface area (Å²) in [7, 11) is 0. The lowest BCUT2D eigenvalue weighted by molar-refractivity contribution is 1.13. The molecule has 0 radical (unpaired) electrons. The third-order valence-electron chi connectivity index (χ3n) is 2.30. The minimum absolute atomic E-state index is 0.811. The minimum atomic E-state index is 0.811. The Labute approximate surface area is 108 Å². The first-order valence-corrected chi connectivity index (χ1v) is 6.67. The second kappa shape index (κ2) is 4.97. The summed E-state index contributed by atoms with van der Waals surface area (Å²) < 4.78 is 1.15. The first kappa shape index (κ1) is 11.6. The molecule has 16 heavy (non-hydrogen) atoms. The summed E-state index contributed by atoms with van der Waals surface area (Å²) in [6.07, 6.45) is 1.89. The number of aromatic nitrogens is 1. The predicted octanol–water partition coefficient (Wildman–Crippen LogP) is 4.13. The summed E-state index contributed by atoms with van der Waals surface area (Å²) in [6, 6.07) is 6.39. The summed E-state index contributed by atoms with van der Waals surface area (Å²) in [6.45, 7) is 4.96. The van der Waals surface area contributed by atoms with Crippen LogP contribution in [0.15, 0.2) is 28.9 Å². The van der Waals surface area contributed by atoms with Crippen molar-refractivity contribution in [3.05, 3.63) is 44.9 Å². The number of benzene rings is 1. The van der Waals surface area contributed by atoms with E-state index in [0.717, 1.165) is 16.1 Å². The molecule has 0 aliphatic carbocycles. The summed E-state index contributed by atoms with van der Waals surface area (Å²) in [5.74, 6) is 0. The number of hydrogen-bond acceptors (Lipinski definition) is 3. The van der Waals surface area contributed by atoms with Crippen molar-refractivity contribution >= 4 is 32.4 Å². The van der Waals surface area contributed by atoms with Crippen LogP contribution in [0.4, 0.5) is 5.13 Å². The molecule has 0 atom stereocenters. The number of rotatable bonds is 3. The molecule has 2 aromatic rings. The summed E-state index contributed by atoms with van der Waals surface area (Å²) in [4.78, 5) is 5.50. The highest BCUT2D eigenvalue weighted by Crippen LogP contribution is 2.20. The van der Waals surface area contributed by atoms with Crippen LogP contribution in [-0.2, 0) is 6.54 Å². The standard InChI is InChI=1S/C12H13BrN2S/c1-8-3-4-10(5-11(8)13)7-15-12-14-6-9(2)16-12/h3-6H,7H2,1-2H3,(H,14,15). The van der Waals surface area contributed by atoms with E-state index in [9.17, 15) is 0 Å². The normalized spacial score (nSPS) is 10.4. The maximum Gasteiger partial charge on any atom is 0.183 e. The molecule has 1 aromatic heterocycles. The zero-order valence-electron chi connectivity index (χ0n) is 9.25. The van der Waals surface area contributed by atoms with Crippen LogP contribution in [0, 0.1) is 13.8 Å². The summed E-state index contributed by atoms with van der Waals surface area (Å²) >= 11 is 5.22. The first-order chi connectivity index (χ1) is 7.65. The van der Waals surface area contributed by atoms with E-state index < -0.39 is 0 Å². The second-order valence-corrected chi connectivity index (χ2v) is 5.80. The van der Waals surface area contributed by atoms with Gasteiger partial charge >= 0.3 is 0 Å². The molecule has 84 valence electrons. The lowest BCUT2D eigenvalue weighted by Crippen LogP contribution is -1.98. The fraction of sp³-hybridized carbons (Fsp3) is 0.250. The summed E-state index contributed by atoms with van der Waals surface area (Å²) in [5.41, 5.74) is 2.51. The number of aryl methyl sites for hydroxylation is 2. The van der Waals surface area contributed by atoms with E-state index >= 15 is 0 Å². The van der Waals surface area contributed by atoms with Gasteiger partial charge in [-0.15, -0.1) is 11.3 Å². The van der Waals surface area contributed by atoms with Gasteiger partial charge in [0.05, 0.1) is 0 Å². The highest BCUT2D eigenvalue weighted by Gasteiger charge is 2.00. The molecule has 0 spiro atoms. The third-order valence-corrected chi connectivity index (χ3v) is 4.03. The number of thiazole rings is 1. The van der Waals surface area contributed by atoms with Crippen molar-refractivity contribution in [1.29, 1.82) is 0 Å². The van der Waals surface area contributed by atoms with Gasteiger partial charge < -0.3 is 5.32 Å². The Morgan fingerprint density at radius 3 is 2.81 bits per heavy atom. The van der Waals surface area contributed by atoms with Gasteiger partial charge in [0.1, 0.15) is 0 Å². The Balaban J connectivity index is 2.02. The lowest BCUT2D eigenvalue weighted by Gasteiger charge is -2.05. The van der Waals surface area contributed by atoms with E-state index in [2.05, 4.69) is 58.3 Å². The van der Waals surface area contributed by atoms with Gasteiger partial charge in [-0.1, -0.05) is 28.1 Å². The van der Waals surface area contributed by atoms with Crippen molar-refractivity contribution in [3.8, 4) is 0 Å². The Kier molecular flexibility index (Phi) is 3.61. The predicted molar refractivity (Wildman–Crippen MR) is 73.1 cm³/mol. The van der Waals surface area contributed by atoms with Crippen molar-refractivity contribution in [1.82, 2.24) is 4.98 Å². The molecule has 0 aliphatic rings. The van der Waals surface area contributed by atoms with E-state index in [0.29, 0.717) is 0 Å². The number of anilines is 1. The molecule has 0 amide bonds. The molecule has 0 unspecified atom stereocenters. The molecule has 4 heteroatoms. The first-order valence-electron chi connectivity index (χ1n) is 5.06. The van der Waals surface area contributed by atoms with Crippen LogP contribution in [-0.4, -0.2) is 4.98 Å². The van der Waals surface area contributed by atoms with Crippen LogP contribution in [0.2, 0.25) is 0 Å². The van der Waals surface area contributed by atoms with E-state index in [1.807, 2.05) is 6.20 Å². The molecular formula is C12H13BrN2S. The van der Waals surface area contributed by atoms with Gasteiger partial charge in [0.15, 0.2) is 5.13 Å². The van der Waals surface area contributed by atoms with Gasteiger partial charge in [0.2, 0.25) is 0 Å². The average Bonchev–Trinajstić information content (AvgIpc) is 2.66. The van der Waals surface area contributed by atoms with Gasteiger partial charge in [-0.05, 0) is 31.0 Å². The van der Waals surface area contributed by atoms with Crippen LogP contribution in [0.25, 0.3) is 0 Å². The topological polar surface area (TPSA) is 24.9 Å². The fourth-order valence-corrected chi connectivity index (χ4v) is 2.45. The molecule has 1 N–H and O–H groups in total. The second-order valence-electron chi connectivity index (χ2n) is 3.71. The van der Waals surface area contributed by atoms with Crippen molar-refractivity contribution < 1.29 is 0 Å². The monoisotopic (exact) mass is 296 g/mol. The molecule has 0 bridgehead atoms. The van der Waals surface area contributed by atoms with Crippen LogP contribution >= 0.6 is 27.3 Å². The zero-order chi connectivity index (χ0) is 11.5. The van der Waals surface area contributed by atoms with Crippen LogP contribution in [0.1, 0.15) is 16.0 Å². The number of nitrogens with one attached hydrogen (secondary N) is 1. The zero-order valence-corrected chi connectivity index (χ0v) is 11.7. The van der Waals surface area contributed by atoms with Crippen molar-refractivity contribution in [3.63, 3.8) is 0 Å². The van der Waals surface area contributed by atoms with Crippen LogP contribution in [0.5, 0.6) is 0 Å². The van der Waals surface area contributed by atoms with Crippen molar-refractivity contribution in [2.45, 2.75) is 20.4 Å². The Morgan fingerprint density at radius 1 is 1.38 bits per heavy atom. The van der Waals surface area contributed by atoms with E-state index in [1.54, 1.807) is 11.3 Å². The molecule has 1 aromatic carbocycles. The van der Waals surface area contributed by atoms with E-state index in [1.165, 1.54) is 16.0 Å². The maximum absolute atomic E-state index is 4.27. The Bertz CT molecular complexity index is 494. The lowest BCUT2D eigenvalue weighted by atomic mass is 10.1. The average molecular weight is 297 g/mol. The maximum atomic E-state index is 4.27. The molecule has 2 nitrogen and oxygen atoms in total. The minimum Gasteiger partial charge on any atom is -0.357 e. The quantitative estimate of drug-likeness (QED) is 0.921. The Morgan fingerprint density at radius 2 is 2.19 bits per heavy atom. The highest BCUT2D eigenvalue weighted by molar-refractivity contribution is 9.10. The van der Waals surface area contributed by atoms with Crippen molar-refractivity contribution in [2.24, 2.45) is 0 Å². The van der Waals surface area contributed by atoms with Gasteiger partial charge in [-0.2, -0.15) is 0 Å². The molecule has 1 heterocycles. The van der Waals surface area contributed by atoms with Gasteiger partial charge in [0, 0.05) is 22.1 Å². The molecule has 0 saturated heterocycles. The third kappa shape index (κ3) is 2.83. The van der Waals surface area contributed by atoms with E-state index in [-0.39, 0.29) is 0 Å². The largest absolute Gasteiger partial charge is 0.357 e.